The van der Waals surface area contributed by atoms with Gasteiger partial charge in [0.05, 0.1) is 6.26 Å². The van der Waals surface area contributed by atoms with Crippen molar-refractivity contribution in [2.75, 3.05) is 0 Å². The van der Waals surface area contributed by atoms with Gasteiger partial charge < -0.3 is 9.73 Å². The Hall–Kier alpha value is -2.35. The number of hydrogen-bond acceptors (Lipinski definition) is 5. The minimum Gasteiger partial charge on any atom is -0.461 e. The van der Waals surface area contributed by atoms with E-state index in [0.717, 1.165) is 0 Å². The van der Waals surface area contributed by atoms with Crippen molar-refractivity contribution in [2.45, 2.75) is 38.0 Å². The van der Waals surface area contributed by atoms with Crippen LogP contribution in [0.5, 0.6) is 0 Å². The zero-order chi connectivity index (χ0) is 17.5. The molecule has 1 unspecified atom stereocenters. The number of nitrogens with one attached hydrogen (secondary N) is 1. The van der Waals surface area contributed by atoms with Crippen molar-refractivity contribution in [3.8, 4) is 11.6 Å². The molecule has 0 bridgehead atoms. The Balaban J connectivity index is 2.09. The van der Waals surface area contributed by atoms with Crippen molar-refractivity contribution in [1.29, 1.82) is 0 Å². The molecule has 0 aliphatic carbocycles. The van der Waals surface area contributed by atoms with Gasteiger partial charge in [-0.2, -0.15) is 0 Å². The minimum atomic E-state index is -1.79. The van der Waals surface area contributed by atoms with Crippen LogP contribution in [-0.2, 0) is 11.3 Å². The first kappa shape index (κ1) is 18.0. The Morgan fingerprint density at radius 1 is 1.54 bits per heavy atom. The smallest absolute Gasteiger partial charge is 0.269 e. The largest absolute Gasteiger partial charge is 0.461 e. The second kappa shape index (κ2) is 8.49. The Labute approximate surface area is 143 Å². The van der Waals surface area contributed by atoms with Gasteiger partial charge in [0.15, 0.2) is 16.7 Å². The molecule has 0 radical (unpaired) electrons. The van der Waals surface area contributed by atoms with Gasteiger partial charge in [-0.05, 0) is 50.7 Å². The lowest BCUT2D eigenvalue weighted by Crippen LogP contribution is -2.28. The second-order valence-corrected chi connectivity index (χ2v) is 5.84. The fourth-order valence-corrected chi connectivity index (χ4v) is 2.71. The molecule has 2 rings (SSSR count). The number of carbonyl (C=O) groups excluding carboxylic acids is 1. The van der Waals surface area contributed by atoms with Gasteiger partial charge in [-0.1, -0.05) is 12.2 Å². The average molecular weight is 350 g/mol. The molecule has 0 aliphatic rings. The molecule has 24 heavy (non-hydrogen) atoms. The highest BCUT2D eigenvalue weighted by molar-refractivity contribution is 8.00. The van der Waals surface area contributed by atoms with Crippen LogP contribution < -0.4 is 5.32 Å². The molecule has 0 saturated carbocycles. The van der Waals surface area contributed by atoms with Crippen LogP contribution in [0.1, 0.15) is 20.8 Å². The van der Waals surface area contributed by atoms with E-state index in [9.17, 15) is 9.18 Å². The zero-order valence-electron chi connectivity index (χ0n) is 13.7. The van der Waals surface area contributed by atoms with E-state index in [1.54, 1.807) is 35.8 Å². The number of halogens is 1. The zero-order valence-corrected chi connectivity index (χ0v) is 14.5. The number of aromatic nitrogens is 3. The van der Waals surface area contributed by atoms with Crippen molar-refractivity contribution in [1.82, 2.24) is 20.1 Å². The summed E-state index contributed by atoms with van der Waals surface area (Å²) in [6, 6.07) is 3.49. The molecule has 6 nitrogen and oxygen atoms in total. The summed E-state index contributed by atoms with van der Waals surface area (Å²) >= 11 is 0.711. The fourth-order valence-electron chi connectivity index (χ4n) is 1.93. The molecule has 0 spiro atoms. The molecule has 2 aromatic heterocycles. The molecule has 1 N–H and O–H groups in total. The molecule has 0 fully saturated rings. The van der Waals surface area contributed by atoms with Crippen LogP contribution in [0.4, 0.5) is 4.39 Å². The first-order chi connectivity index (χ1) is 11.6. The summed E-state index contributed by atoms with van der Waals surface area (Å²) in [6.45, 7) is 5.96. The maximum atomic E-state index is 14.2. The van der Waals surface area contributed by atoms with E-state index in [2.05, 4.69) is 15.5 Å². The maximum Gasteiger partial charge on any atom is 0.269 e. The highest BCUT2D eigenvalue weighted by atomic mass is 32.2. The molecule has 2 aromatic rings. The summed E-state index contributed by atoms with van der Waals surface area (Å²) in [5.41, 5.74) is -1.23. The maximum absolute atomic E-state index is 14.2. The number of alkyl halides is 1. The van der Waals surface area contributed by atoms with Gasteiger partial charge in [-0.15, -0.1) is 10.2 Å². The number of rotatable bonds is 7. The Morgan fingerprint density at radius 3 is 2.96 bits per heavy atom. The third-order valence-electron chi connectivity index (χ3n) is 3.05. The van der Waals surface area contributed by atoms with E-state index in [1.807, 2.05) is 19.9 Å². The molecular formula is C16H19FN4O2S. The molecule has 0 aliphatic heterocycles. The van der Waals surface area contributed by atoms with Crippen molar-refractivity contribution in [3.63, 3.8) is 0 Å². The first-order valence-electron chi connectivity index (χ1n) is 7.45. The van der Waals surface area contributed by atoms with E-state index < -0.39 is 11.4 Å². The van der Waals surface area contributed by atoms with Crippen molar-refractivity contribution in [3.05, 3.63) is 42.3 Å². The van der Waals surface area contributed by atoms with Gasteiger partial charge in [0, 0.05) is 12.2 Å². The molecule has 1 atom stereocenters. The summed E-state index contributed by atoms with van der Waals surface area (Å²) in [5, 5.41) is 10.8. The molecule has 0 saturated heterocycles. The summed E-state index contributed by atoms with van der Waals surface area (Å²) in [6.07, 6.45) is 6.80. The summed E-state index contributed by atoms with van der Waals surface area (Å²) in [5.74, 6) is 0.311. The molecule has 8 heteroatoms. The van der Waals surface area contributed by atoms with Crippen LogP contribution in [0, 0.1) is 0 Å². The number of hydrogen-bond donors (Lipinski definition) is 1. The summed E-state index contributed by atoms with van der Waals surface area (Å²) in [7, 11) is 0. The standard InChI is InChI=1S/C16H19FN4O2S/c1-4-6-8-11(3)18-15(22)13(17)24-16-20-19-14(21(16)5-2)12-9-7-10-23-12/h4,6-10,13H,5H2,1-3H3,(H,18,22)/b6-4-,11-8+. The van der Waals surface area contributed by atoms with Gasteiger partial charge in [-0.25, -0.2) is 4.39 Å². The van der Waals surface area contributed by atoms with Gasteiger partial charge >= 0.3 is 0 Å². The van der Waals surface area contributed by atoms with Crippen LogP contribution in [0.3, 0.4) is 0 Å². The van der Waals surface area contributed by atoms with E-state index in [0.29, 0.717) is 40.7 Å². The lowest BCUT2D eigenvalue weighted by molar-refractivity contribution is -0.122. The first-order valence-corrected chi connectivity index (χ1v) is 8.33. The van der Waals surface area contributed by atoms with E-state index >= 15 is 0 Å². The monoisotopic (exact) mass is 350 g/mol. The van der Waals surface area contributed by atoms with Crippen LogP contribution in [0.15, 0.2) is 51.9 Å². The Kier molecular flexibility index (Phi) is 6.36. The Bertz CT molecular complexity index is 737. The number of carbonyl (C=O) groups is 1. The average Bonchev–Trinajstić information content (AvgIpc) is 3.21. The van der Waals surface area contributed by atoms with Crippen LogP contribution in [0.2, 0.25) is 0 Å². The Morgan fingerprint density at radius 2 is 2.33 bits per heavy atom. The predicted molar refractivity (Wildman–Crippen MR) is 90.9 cm³/mol. The highest BCUT2D eigenvalue weighted by Gasteiger charge is 2.24. The number of furan rings is 1. The molecule has 1 amide bonds. The van der Waals surface area contributed by atoms with Gasteiger partial charge in [0.2, 0.25) is 5.50 Å². The lowest BCUT2D eigenvalue weighted by Gasteiger charge is -2.10. The topological polar surface area (TPSA) is 73.0 Å². The summed E-state index contributed by atoms with van der Waals surface area (Å²) < 4.78 is 21.2. The lowest BCUT2D eigenvalue weighted by atomic mass is 10.4. The molecule has 0 aromatic carbocycles. The molecule has 128 valence electrons. The van der Waals surface area contributed by atoms with E-state index in [1.165, 1.54) is 6.26 Å². The number of allylic oxidation sites excluding steroid dienone is 4. The van der Waals surface area contributed by atoms with E-state index in [4.69, 9.17) is 4.42 Å². The van der Waals surface area contributed by atoms with Crippen molar-refractivity contribution >= 4 is 17.7 Å². The third kappa shape index (κ3) is 4.35. The van der Waals surface area contributed by atoms with E-state index in [-0.39, 0.29) is 0 Å². The number of amides is 1. The van der Waals surface area contributed by atoms with Crippen LogP contribution in [0.25, 0.3) is 11.6 Å². The highest BCUT2D eigenvalue weighted by Crippen LogP contribution is 2.27. The summed E-state index contributed by atoms with van der Waals surface area (Å²) in [4.78, 5) is 11.9. The third-order valence-corrected chi connectivity index (χ3v) is 3.98. The minimum absolute atomic E-state index is 0.321. The number of nitrogens with zero attached hydrogens (tertiary/aromatic N) is 3. The van der Waals surface area contributed by atoms with Crippen LogP contribution >= 0.6 is 11.8 Å². The van der Waals surface area contributed by atoms with Crippen molar-refractivity contribution < 1.29 is 13.6 Å². The second-order valence-electron chi connectivity index (χ2n) is 4.83. The van der Waals surface area contributed by atoms with Gasteiger partial charge in [0.25, 0.3) is 5.91 Å². The SMILES string of the molecule is C/C=C\C=C(/C)NC(=O)C(F)Sc1nnc(-c2ccco2)n1CC. The van der Waals surface area contributed by atoms with Crippen LogP contribution in [-0.4, -0.2) is 26.2 Å². The van der Waals surface area contributed by atoms with Crippen molar-refractivity contribution in [2.24, 2.45) is 0 Å². The quantitative estimate of drug-likeness (QED) is 0.611. The fraction of sp³-hybridized carbons (Fsp3) is 0.312. The molecule has 2 heterocycles. The predicted octanol–water partition coefficient (Wildman–Crippen LogP) is 3.54. The number of thioether (sulfide) groups is 1. The van der Waals surface area contributed by atoms with Gasteiger partial charge in [-0.3, -0.25) is 9.36 Å². The molecular weight excluding hydrogens is 331 g/mol. The normalized spacial score (nSPS) is 13.4. The van der Waals surface area contributed by atoms with Gasteiger partial charge in [0.1, 0.15) is 0 Å².